The molecular formula is C18H22N2O4S. The number of carbonyl (C=O) groups excluding carboxylic acids is 1. The SMILES string of the molecule is Cc1ccc(S(=O)(=O)N(C)CCNC(=O)OCc2ccccc2)cc1. The molecule has 0 spiro atoms. The molecule has 134 valence electrons. The van der Waals surface area contributed by atoms with E-state index in [4.69, 9.17) is 4.74 Å². The molecule has 2 aromatic carbocycles. The van der Waals surface area contributed by atoms with Gasteiger partial charge in [0.05, 0.1) is 4.90 Å². The number of aryl methyl sites for hydroxylation is 1. The summed E-state index contributed by atoms with van der Waals surface area (Å²) in [6.45, 7) is 2.38. The zero-order valence-corrected chi connectivity index (χ0v) is 15.1. The molecule has 7 heteroatoms. The van der Waals surface area contributed by atoms with Gasteiger partial charge in [0.25, 0.3) is 0 Å². The van der Waals surface area contributed by atoms with E-state index < -0.39 is 16.1 Å². The van der Waals surface area contributed by atoms with Crippen molar-refractivity contribution in [1.82, 2.24) is 9.62 Å². The molecule has 0 bridgehead atoms. The molecule has 0 fully saturated rings. The maximum Gasteiger partial charge on any atom is 0.407 e. The number of nitrogens with one attached hydrogen (secondary N) is 1. The summed E-state index contributed by atoms with van der Waals surface area (Å²) in [5.74, 6) is 0. The van der Waals surface area contributed by atoms with Crippen molar-refractivity contribution in [1.29, 1.82) is 0 Å². The molecule has 25 heavy (non-hydrogen) atoms. The van der Waals surface area contributed by atoms with Crippen LogP contribution >= 0.6 is 0 Å². The lowest BCUT2D eigenvalue weighted by atomic mass is 10.2. The quantitative estimate of drug-likeness (QED) is 0.821. The molecule has 2 rings (SSSR count). The normalized spacial score (nSPS) is 11.3. The largest absolute Gasteiger partial charge is 0.445 e. The Balaban J connectivity index is 1.78. The Labute approximate surface area is 148 Å². The van der Waals surface area contributed by atoms with Crippen molar-refractivity contribution in [3.8, 4) is 0 Å². The summed E-state index contributed by atoms with van der Waals surface area (Å²) in [5, 5.41) is 2.55. The smallest absolute Gasteiger partial charge is 0.407 e. The third kappa shape index (κ3) is 5.58. The molecule has 1 amide bonds. The van der Waals surface area contributed by atoms with E-state index >= 15 is 0 Å². The summed E-state index contributed by atoms with van der Waals surface area (Å²) in [6, 6.07) is 16.0. The van der Waals surface area contributed by atoms with Gasteiger partial charge in [-0.25, -0.2) is 13.2 Å². The Morgan fingerprint density at radius 1 is 1.08 bits per heavy atom. The first kappa shape index (κ1) is 19.0. The molecule has 2 aromatic rings. The lowest BCUT2D eigenvalue weighted by Gasteiger charge is -2.17. The van der Waals surface area contributed by atoms with E-state index in [1.807, 2.05) is 37.3 Å². The van der Waals surface area contributed by atoms with Gasteiger partial charge in [0, 0.05) is 20.1 Å². The van der Waals surface area contributed by atoms with Crippen LogP contribution in [0.1, 0.15) is 11.1 Å². The van der Waals surface area contributed by atoms with Crippen LogP contribution in [0.15, 0.2) is 59.5 Å². The van der Waals surface area contributed by atoms with E-state index in [1.54, 1.807) is 24.3 Å². The second kappa shape index (κ2) is 8.64. The van der Waals surface area contributed by atoms with Crippen molar-refractivity contribution >= 4 is 16.1 Å². The Morgan fingerprint density at radius 3 is 2.36 bits per heavy atom. The number of alkyl carbamates (subject to hydrolysis) is 1. The first-order valence-corrected chi connectivity index (χ1v) is 9.31. The first-order valence-electron chi connectivity index (χ1n) is 7.87. The molecule has 0 atom stereocenters. The molecule has 0 saturated carbocycles. The van der Waals surface area contributed by atoms with Crippen LogP contribution in [0, 0.1) is 6.92 Å². The molecular weight excluding hydrogens is 340 g/mol. The Bertz CT molecular complexity index is 790. The number of hydrogen-bond acceptors (Lipinski definition) is 4. The van der Waals surface area contributed by atoms with Crippen LogP contribution in [0.3, 0.4) is 0 Å². The van der Waals surface area contributed by atoms with Gasteiger partial charge < -0.3 is 10.1 Å². The molecule has 1 N–H and O–H groups in total. The van der Waals surface area contributed by atoms with Crippen molar-refractivity contribution in [3.05, 3.63) is 65.7 Å². The number of sulfonamides is 1. The highest BCUT2D eigenvalue weighted by Crippen LogP contribution is 2.14. The molecule has 0 heterocycles. The highest BCUT2D eigenvalue weighted by Gasteiger charge is 2.20. The highest BCUT2D eigenvalue weighted by molar-refractivity contribution is 7.89. The Morgan fingerprint density at radius 2 is 1.72 bits per heavy atom. The lowest BCUT2D eigenvalue weighted by Crippen LogP contribution is -2.36. The van der Waals surface area contributed by atoms with Crippen LogP contribution in [-0.4, -0.2) is 39.0 Å². The summed E-state index contributed by atoms with van der Waals surface area (Å²) in [5.41, 5.74) is 1.88. The average Bonchev–Trinajstić information content (AvgIpc) is 2.61. The average molecular weight is 362 g/mol. The van der Waals surface area contributed by atoms with Crippen LogP contribution in [-0.2, 0) is 21.4 Å². The number of likely N-dealkylation sites (N-methyl/N-ethyl adjacent to an activating group) is 1. The van der Waals surface area contributed by atoms with Gasteiger partial charge in [-0.1, -0.05) is 48.0 Å². The molecule has 6 nitrogen and oxygen atoms in total. The van der Waals surface area contributed by atoms with Crippen LogP contribution in [0.2, 0.25) is 0 Å². The van der Waals surface area contributed by atoms with E-state index in [0.29, 0.717) is 0 Å². The van der Waals surface area contributed by atoms with Crippen molar-refractivity contribution in [3.63, 3.8) is 0 Å². The Hall–Kier alpha value is -2.38. The zero-order valence-electron chi connectivity index (χ0n) is 14.3. The van der Waals surface area contributed by atoms with Crippen LogP contribution in [0.5, 0.6) is 0 Å². The summed E-state index contributed by atoms with van der Waals surface area (Å²) in [4.78, 5) is 11.9. The predicted octanol–water partition coefficient (Wildman–Crippen LogP) is 2.54. The van der Waals surface area contributed by atoms with Crippen LogP contribution in [0.25, 0.3) is 0 Å². The van der Waals surface area contributed by atoms with Gasteiger partial charge in [0.1, 0.15) is 6.61 Å². The van der Waals surface area contributed by atoms with E-state index in [2.05, 4.69) is 5.32 Å². The van der Waals surface area contributed by atoms with Gasteiger partial charge in [-0.3, -0.25) is 0 Å². The van der Waals surface area contributed by atoms with Crippen molar-refractivity contribution < 1.29 is 17.9 Å². The number of rotatable bonds is 7. The number of carbonyl (C=O) groups is 1. The van der Waals surface area contributed by atoms with Gasteiger partial charge in [0.2, 0.25) is 10.0 Å². The standard InChI is InChI=1S/C18H22N2O4S/c1-15-8-10-17(11-9-15)25(22,23)20(2)13-12-19-18(21)24-14-16-6-4-3-5-7-16/h3-11H,12-14H2,1-2H3,(H,19,21). The predicted molar refractivity (Wildman–Crippen MR) is 95.6 cm³/mol. The summed E-state index contributed by atoms with van der Waals surface area (Å²) >= 11 is 0. The number of benzene rings is 2. The van der Waals surface area contributed by atoms with Crippen molar-refractivity contribution in [2.75, 3.05) is 20.1 Å². The molecule has 0 aliphatic heterocycles. The monoisotopic (exact) mass is 362 g/mol. The fourth-order valence-corrected chi connectivity index (χ4v) is 3.27. The van der Waals surface area contributed by atoms with E-state index in [1.165, 1.54) is 11.4 Å². The lowest BCUT2D eigenvalue weighted by molar-refractivity contribution is 0.139. The summed E-state index contributed by atoms with van der Waals surface area (Å²) in [6.07, 6.45) is -0.579. The second-order valence-electron chi connectivity index (χ2n) is 5.63. The van der Waals surface area contributed by atoms with Gasteiger partial charge in [-0.2, -0.15) is 4.31 Å². The maximum atomic E-state index is 12.4. The first-order chi connectivity index (χ1) is 11.9. The minimum absolute atomic E-state index is 0.149. The number of ether oxygens (including phenoxy) is 1. The second-order valence-corrected chi connectivity index (χ2v) is 7.67. The number of hydrogen-bond donors (Lipinski definition) is 1. The van der Waals surface area contributed by atoms with Gasteiger partial charge in [-0.05, 0) is 24.6 Å². The molecule has 0 radical (unpaired) electrons. The topological polar surface area (TPSA) is 75.7 Å². The molecule has 0 saturated heterocycles. The zero-order chi connectivity index (χ0) is 18.3. The van der Waals surface area contributed by atoms with E-state index in [9.17, 15) is 13.2 Å². The Kier molecular flexibility index (Phi) is 6.55. The minimum atomic E-state index is -3.57. The van der Waals surface area contributed by atoms with Gasteiger partial charge >= 0.3 is 6.09 Å². The van der Waals surface area contributed by atoms with Crippen LogP contribution < -0.4 is 5.32 Å². The highest BCUT2D eigenvalue weighted by atomic mass is 32.2. The summed E-state index contributed by atoms with van der Waals surface area (Å²) in [7, 11) is -2.09. The van der Waals surface area contributed by atoms with E-state index in [0.717, 1.165) is 11.1 Å². The number of nitrogens with zero attached hydrogens (tertiary/aromatic N) is 1. The minimum Gasteiger partial charge on any atom is -0.445 e. The third-order valence-electron chi connectivity index (χ3n) is 3.64. The fourth-order valence-electron chi connectivity index (χ4n) is 2.10. The third-order valence-corrected chi connectivity index (χ3v) is 5.51. The van der Waals surface area contributed by atoms with E-state index in [-0.39, 0.29) is 24.6 Å². The van der Waals surface area contributed by atoms with Gasteiger partial charge in [0.15, 0.2) is 0 Å². The maximum absolute atomic E-state index is 12.4. The molecule has 0 aliphatic rings. The fraction of sp³-hybridized carbons (Fsp3) is 0.278. The van der Waals surface area contributed by atoms with Crippen molar-refractivity contribution in [2.45, 2.75) is 18.4 Å². The van der Waals surface area contributed by atoms with Crippen LogP contribution in [0.4, 0.5) is 4.79 Å². The van der Waals surface area contributed by atoms with Gasteiger partial charge in [-0.15, -0.1) is 0 Å². The molecule has 0 unspecified atom stereocenters. The molecule has 0 aliphatic carbocycles. The van der Waals surface area contributed by atoms with Crippen molar-refractivity contribution in [2.24, 2.45) is 0 Å². The molecule has 0 aromatic heterocycles. The number of amides is 1. The summed E-state index contributed by atoms with van der Waals surface area (Å²) < 4.78 is 31.1.